The number of rotatable bonds is 7. The van der Waals surface area contributed by atoms with Gasteiger partial charge in [-0.3, -0.25) is 0 Å². The predicted molar refractivity (Wildman–Crippen MR) is 55.2 cm³/mol. The molecule has 0 bridgehead atoms. The lowest BCUT2D eigenvalue weighted by Crippen LogP contribution is -2.38. The van der Waals surface area contributed by atoms with Crippen molar-refractivity contribution in [3.63, 3.8) is 0 Å². The van der Waals surface area contributed by atoms with E-state index in [0.717, 1.165) is 19.3 Å². The van der Waals surface area contributed by atoms with Crippen LogP contribution in [0.25, 0.3) is 0 Å². The molecule has 1 aliphatic carbocycles. The van der Waals surface area contributed by atoms with Crippen molar-refractivity contribution in [3.05, 3.63) is 12.7 Å². The number of carbonyl (C=O) groups is 1. The molecule has 0 aromatic carbocycles. The number of amides is 2. The molecule has 0 saturated heterocycles. The Hall–Kier alpha value is -1.03. The standard InChI is InChI=1S/C10H18N2O2/c1-2-3-7-14-8-6-11-10(13)12-9-4-5-9/h2,9H,1,3-8H2,(H2,11,12,13). The second kappa shape index (κ2) is 6.43. The van der Waals surface area contributed by atoms with Crippen LogP contribution in [-0.2, 0) is 4.74 Å². The Labute approximate surface area is 84.7 Å². The zero-order valence-corrected chi connectivity index (χ0v) is 8.42. The van der Waals surface area contributed by atoms with E-state index < -0.39 is 0 Å². The molecule has 0 aromatic rings. The Morgan fingerprint density at radius 3 is 2.93 bits per heavy atom. The van der Waals surface area contributed by atoms with Gasteiger partial charge < -0.3 is 15.4 Å². The molecule has 1 saturated carbocycles. The van der Waals surface area contributed by atoms with E-state index in [4.69, 9.17) is 4.74 Å². The number of carbonyl (C=O) groups excluding carboxylic acids is 1. The summed E-state index contributed by atoms with van der Waals surface area (Å²) in [7, 11) is 0. The van der Waals surface area contributed by atoms with Gasteiger partial charge in [0.1, 0.15) is 0 Å². The van der Waals surface area contributed by atoms with Crippen LogP contribution in [0.15, 0.2) is 12.7 Å². The zero-order valence-electron chi connectivity index (χ0n) is 8.42. The van der Waals surface area contributed by atoms with Gasteiger partial charge in [-0.15, -0.1) is 6.58 Å². The number of hydrogen-bond donors (Lipinski definition) is 2. The van der Waals surface area contributed by atoms with E-state index in [-0.39, 0.29) is 6.03 Å². The van der Waals surface area contributed by atoms with Gasteiger partial charge in [-0.1, -0.05) is 6.08 Å². The summed E-state index contributed by atoms with van der Waals surface area (Å²) in [6, 6.07) is 0.330. The minimum atomic E-state index is -0.0835. The van der Waals surface area contributed by atoms with Crippen molar-refractivity contribution in [3.8, 4) is 0 Å². The van der Waals surface area contributed by atoms with Crippen LogP contribution in [0.4, 0.5) is 4.79 Å². The molecule has 1 rings (SSSR count). The Bertz CT molecular complexity index is 191. The summed E-state index contributed by atoms with van der Waals surface area (Å²) in [5, 5.41) is 5.56. The van der Waals surface area contributed by atoms with Crippen molar-refractivity contribution < 1.29 is 9.53 Å². The molecular weight excluding hydrogens is 180 g/mol. The topological polar surface area (TPSA) is 50.4 Å². The van der Waals surface area contributed by atoms with E-state index in [1.54, 1.807) is 0 Å². The summed E-state index contributed by atoms with van der Waals surface area (Å²) >= 11 is 0. The smallest absolute Gasteiger partial charge is 0.315 e. The summed E-state index contributed by atoms with van der Waals surface area (Å²) < 4.78 is 5.23. The van der Waals surface area contributed by atoms with Crippen molar-refractivity contribution in [2.24, 2.45) is 0 Å². The van der Waals surface area contributed by atoms with E-state index in [0.29, 0.717) is 25.8 Å². The summed E-state index contributed by atoms with van der Waals surface area (Å²) in [5.74, 6) is 0. The minimum absolute atomic E-state index is 0.0835. The third-order valence-corrected chi connectivity index (χ3v) is 1.91. The van der Waals surface area contributed by atoms with E-state index in [2.05, 4.69) is 17.2 Å². The Morgan fingerprint density at radius 1 is 1.50 bits per heavy atom. The average Bonchev–Trinajstić information content (AvgIpc) is 2.95. The highest BCUT2D eigenvalue weighted by Crippen LogP contribution is 2.17. The first-order chi connectivity index (χ1) is 6.83. The van der Waals surface area contributed by atoms with Crippen molar-refractivity contribution in [1.82, 2.24) is 10.6 Å². The minimum Gasteiger partial charge on any atom is -0.379 e. The van der Waals surface area contributed by atoms with Crippen LogP contribution in [0, 0.1) is 0 Å². The highest BCUT2D eigenvalue weighted by molar-refractivity contribution is 5.74. The number of hydrogen-bond acceptors (Lipinski definition) is 2. The molecule has 0 radical (unpaired) electrons. The van der Waals surface area contributed by atoms with Crippen molar-refractivity contribution in [2.75, 3.05) is 19.8 Å². The molecule has 2 amide bonds. The summed E-state index contributed by atoms with van der Waals surface area (Å²) in [4.78, 5) is 11.1. The summed E-state index contributed by atoms with van der Waals surface area (Å²) in [5.41, 5.74) is 0. The molecule has 1 fully saturated rings. The van der Waals surface area contributed by atoms with Gasteiger partial charge >= 0.3 is 6.03 Å². The van der Waals surface area contributed by atoms with Gasteiger partial charge in [0.05, 0.1) is 13.2 Å². The third kappa shape index (κ3) is 5.59. The van der Waals surface area contributed by atoms with Gasteiger partial charge in [-0.2, -0.15) is 0 Å². The molecule has 4 heteroatoms. The molecule has 2 N–H and O–H groups in total. The van der Waals surface area contributed by atoms with Gasteiger partial charge in [0.25, 0.3) is 0 Å². The SMILES string of the molecule is C=CCCOCCNC(=O)NC1CC1. The largest absolute Gasteiger partial charge is 0.379 e. The second-order valence-corrected chi connectivity index (χ2v) is 3.36. The Morgan fingerprint density at radius 2 is 2.29 bits per heavy atom. The van der Waals surface area contributed by atoms with Crippen molar-refractivity contribution in [1.29, 1.82) is 0 Å². The van der Waals surface area contributed by atoms with Crippen LogP contribution in [0.3, 0.4) is 0 Å². The predicted octanol–water partition coefficient (Wildman–Crippen LogP) is 1.04. The van der Waals surface area contributed by atoms with Gasteiger partial charge in [0.15, 0.2) is 0 Å². The van der Waals surface area contributed by atoms with Crippen molar-refractivity contribution >= 4 is 6.03 Å². The highest BCUT2D eigenvalue weighted by atomic mass is 16.5. The van der Waals surface area contributed by atoms with Gasteiger partial charge in [-0.05, 0) is 19.3 Å². The highest BCUT2D eigenvalue weighted by Gasteiger charge is 2.22. The lowest BCUT2D eigenvalue weighted by atomic mass is 10.4. The Balaban J connectivity index is 1.82. The molecule has 0 aromatic heterocycles. The van der Waals surface area contributed by atoms with E-state index in [1.807, 2.05) is 6.08 Å². The molecule has 0 spiro atoms. The van der Waals surface area contributed by atoms with E-state index in [1.165, 1.54) is 0 Å². The van der Waals surface area contributed by atoms with Crippen LogP contribution >= 0.6 is 0 Å². The molecule has 0 atom stereocenters. The van der Waals surface area contributed by atoms with Crippen LogP contribution in [-0.4, -0.2) is 31.8 Å². The van der Waals surface area contributed by atoms with Crippen LogP contribution in [0.2, 0.25) is 0 Å². The summed E-state index contributed by atoms with van der Waals surface area (Å²) in [6.07, 6.45) is 4.90. The first-order valence-electron chi connectivity index (χ1n) is 5.06. The fourth-order valence-electron chi connectivity index (χ4n) is 0.970. The fraction of sp³-hybridized carbons (Fsp3) is 0.700. The first-order valence-corrected chi connectivity index (χ1v) is 5.06. The van der Waals surface area contributed by atoms with Crippen LogP contribution < -0.4 is 10.6 Å². The molecule has 0 unspecified atom stereocenters. The maximum Gasteiger partial charge on any atom is 0.315 e. The van der Waals surface area contributed by atoms with Gasteiger partial charge in [-0.25, -0.2) is 4.79 Å². The molecule has 80 valence electrons. The van der Waals surface area contributed by atoms with E-state index in [9.17, 15) is 4.79 Å². The number of ether oxygens (including phenoxy) is 1. The number of nitrogens with one attached hydrogen (secondary N) is 2. The fourth-order valence-corrected chi connectivity index (χ4v) is 0.970. The third-order valence-electron chi connectivity index (χ3n) is 1.91. The first kappa shape index (κ1) is 11.0. The molecule has 0 heterocycles. The second-order valence-electron chi connectivity index (χ2n) is 3.36. The average molecular weight is 198 g/mol. The monoisotopic (exact) mass is 198 g/mol. The van der Waals surface area contributed by atoms with Crippen molar-refractivity contribution in [2.45, 2.75) is 25.3 Å². The zero-order chi connectivity index (χ0) is 10.2. The molecule has 0 aliphatic heterocycles. The maximum absolute atomic E-state index is 11.1. The maximum atomic E-state index is 11.1. The molecular formula is C10H18N2O2. The van der Waals surface area contributed by atoms with Gasteiger partial charge in [0, 0.05) is 12.6 Å². The molecule has 4 nitrogen and oxygen atoms in total. The quantitative estimate of drug-likeness (QED) is 0.474. The number of urea groups is 1. The molecule has 1 aliphatic rings. The lowest BCUT2D eigenvalue weighted by Gasteiger charge is -2.06. The summed E-state index contributed by atoms with van der Waals surface area (Å²) in [6.45, 7) is 5.39. The Kier molecular flexibility index (Phi) is 5.07. The van der Waals surface area contributed by atoms with Crippen LogP contribution in [0.5, 0.6) is 0 Å². The van der Waals surface area contributed by atoms with Crippen LogP contribution in [0.1, 0.15) is 19.3 Å². The molecule has 14 heavy (non-hydrogen) atoms. The van der Waals surface area contributed by atoms with Gasteiger partial charge in [0.2, 0.25) is 0 Å². The normalized spacial score (nSPS) is 14.9. The van der Waals surface area contributed by atoms with E-state index >= 15 is 0 Å². The lowest BCUT2D eigenvalue weighted by molar-refractivity contribution is 0.141.